The van der Waals surface area contributed by atoms with Crippen LogP contribution < -0.4 is 5.32 Å². The summed E-state index contributed by atoms with van der Waals surface area (Å²) < 4.78 is 5.16. The van der Waals surface area contributed by atoms with Crippen molar-refractivity contribution in [2.24, 2.45) is 0 Å². The highest BCUT2D eigenvalue weighted by atomic mass is 16.3. The van der Waals surface area contributed by atoms with Gasteiger partial charge in [0.05, 0.1) is 25.5 Å². The molecule has 5 heteroatoms. The number of rotatable bonds is 5. The first-order valence-corrected chi connectivity index (χ1v) is 6.88. The van der Waals surface area contributed by atoms with Crippen LogP contribution in [0.2, 0.25) is 0 Å². The summed E-state index contributed by atoms with van der Waals surface area (Å²) in [6, 6.07) is 3.73. The molecule has 1 fully saturated rings. The van der Waals surface area contributed by atoms with Crippen molar-refractivity contribution < 1.29 is 14.3 Å². The van der Waals surface area contributed by atoms with Crippen LogP contribution in [0.5, 0.6) is 0 Å². The molecule has 0 saturated carbocycles. The Morgan fingerprint density at radius 3 is 3.16 bits per heavy atom. The lowest BCUT2D eigenvalue weighted by Gasteiger charge is -2.36. The molecule has 0 bridgehead atoms. The highest BCUT2D eigenvalue weighted by Gasteiger charge is 2.27. The molecule has 0 aliphatic carbocycles. The van der Waals surface area contributed by atoms with Crippen LogP contribution in [0.1, 0.15) is 31.9 Å². The standard InChI is InChI=1S/C14H22N2O3/c1-11(17)13-6-2-3-7-16(13)10-14(18)15-9-12-5-4-8-19-12/h4-5,8,11,13,17H,2-3,6-7,9-10H2,1H3,(H,15,18). The monoisotopic (exact) mass is 266 g/mol. The van der Waals surface area contributed by atoms with Gasteiger partial charge in [-0.3, -0.25) is 9.69 Å². The number of amides is 1. The zero-order chi connectivity index (χ0) is 13.7. The van der Waals surface area contributed by atoms with Gasteiger partial charge in [-0.1, -0.05) is 6.42 Å². The average Bonchev–Trinajstić information content (AvgIpc) is 2.90. The van der Waals surface area contributed by atoms with E-state index in [1.54, 1.807) is 19.3 Å². The van der Waals surface area contributed by atoms with Crippen LogP contribution in [-0.2, 0) is 11.3 Å². The third-order valence-corrected chi connectivity index (χ3v) is 3.61. The topological polar surface area (TPSA) is 65.7 Å². The molecule has 1 amide bonds. The van der Waals surface area contributed by atoms with E-state index in [-0.39, 0.29) is 11.9 Å². The van der Waals surface area contributed by atoms with Gasteiger partial charge in [-0.05, 0) is 38.4 Å². The average molecular weight is 266 g/mol. The molecule has 0 radical (unpaired) electrons. The van der Waals surface area contributed by atoms with Gasteiger partial charge < -0.3 is 14.8 Å². The van der Waals surface area contributed by atoms with Gasteiger partial charge in [0.2, 0.25) is 5.91 Å². The number of hydrogen-bond acceptors (Lipinski definition) is 4. The Labute approximate surface area is 113 Å². The molecule has 5 nitrogen and oxygen atoms in total. The molecule has 2 atom stereocenters. The highest BCUT2D eigenvalue weighted by Crippen LogP contribution is 2.19. The van der Waals surface area contributed by atoms with Gasteiger partial charge in [0.15, 0.2) is 0 Å². The first-order chi connectivity index (χ1) is 9.16. The normalized spacial score (nSPS) is 22.1. The second-order valence-electron chi connectivity index (χ2n) is 5.13. The summed E-state index contributed by atoms with van der Waals surface area (Å²) in [6.07, 6.45) is 4.38. The zero-order valence-electron chi connectivity index (χ0n) is 11.3. The van der Waals surface area contributed by atoms with E-state index in [0.29, 0.717) is 13.1 Å². The molecule has 0 aromatic carbocycles. The van der Waals surface area contributed by atoms with Crippen molar-refractivity contribution in [3.05, 3.63) is 24.2 Å². The number of aliphatic hydroxyl groups excluding tert-OH is 1. The van der Waals surface area contributed by atoms with Crippen molar-refractivity contribution >= 4 is 5.91 Å². The van der Waals surface area contributed by atoms with E-state index in [9.17, 15) is 9.90 Å². The Hall–Kier alpha value is -1.33. The number of piperidine rings is 1. The quantitative estimate of drug-likeness (QED) is 0.838. The number of hydrogen-bond donors (Lipinski definition) is 2. The van der Waals surface area contributed by atoms with Crippen LogP contribution in [0, 0.1) is 0 Å². The summed E-state index contributed by atoms with van der Waals surface area (Å²) in [7, 11) is 0. The van der Waals surface area contributed by atoms with E-state index in [4.69, 9.17) is 4.42 Å². The van der Waals surface area contributed by atoms with Gasteiger partial charge >= 0.3 is 0 Å². The molecule has 19 heavy (non-hydrogen) atoms. The number of nitrogens with one attached hydrogen (secondary N) is 1. The minimum atomic E-state index is -0.391. The van der Waals surface area contributed by atoms with Crippen LogP contribution in [0.25, 0.3) is 0 Å². The fourth-order valence-electron chi connectivity index (χ4n) is 2.60. The maximum absolute atomic E-state index is 11.9. The Bertz CT molecular complexity index is 389. The van der Waals surface area contributed by atoms with Crippen LogP contribution >= 0.6 is 0 Å². The van der Waals surface area contributed by atoms with E-state index >= 15 is 0 Å². The molecule has 1 aromatic heterocycles. The minimum absolute atomic E-state index is 0.0241. The molecular formula is C14H22N2O3. The molecule has 2 N–H and O–H groups in total. The van der Waals surface area contributed by atoms with Gasteiger partial charge in [0.1, 0.15) is 5.76 Å². The van der Waals surface area contributed by atoms with E-state index in [1.807, 2.05) is 6.07 Å². The number of furan rings is 1. The number of carbonyl (C=O) groups excluding carboxylic acids is 1. The number of carbonyl (C=O) groups is 1. The molecule has 106 valence electrons. The summed E-state index contributed by atoms with van der Waals surface area (Å²) in [6.45, 7) is 3.43. The number of likely N-dealkylation sites (tertiary alicyclic amines) is 1. The molecule has 2 rings (SSSR count). The fraction of sp³-hybridized carbons (Fsp3) is 0.643. The van der Waals surface area contributed by atoms with Gasteiger partial charge in [-0.15, -0.1) is 0 Å². The maximum Gasteiger partial charge on any atom is 0.234 e. The van der Waals surface area contributed by atoms with Gasteiger partial charge in [-0.25, -0.2) is 0 Å². The minimum Gasteiger partial charge on any atom is -0.467 e. The summed E-state index contributed by atoms with van der Waals surface area (Å²) in [5, 5.41) is 12.6. The molecule has 0 spiro atoms. The van der Waals surface area contributed by atoms with E-state index in [1.165, 1.54) is 0 Å². The molecule has 1 aliphatic heterocycles. The van der Waals surface area contributed by atoms with Crippen molar-refractivity contribution in [1.29, 1.82) is 0 Å². The van der Waals surface area contributed by atoms with Crippen molar-refractivity contribution in [1.82, 2.24) is 10.2 Å². The van der Waals surface area contributed by atoms with Crippen molar-refractivity contribution in [3.63, 3.8) is 0 Å². The summed E-state index contributed by atoms with van der Waals surface area (Å²) >= 11 is 0. The van der Waals surface area contributed by atoms with Crippen molar-refractivity contribution in [2.75, 3.05) is 13.1 Å². The van der Waals surface area contributed by atoms with Crippen LogP contribution in [0.4, 0.5) is 0 Å². The number of nitrogens with zero attached hydrogens (tertiary/aromatic N) is 1. The van der Waals surface area contributed by atoms with Crippen LogP contribution in [-0.4, -0.2) is 41.1 Å². The second kappa shape index (κ2) is 6.73. The predicted octanol–water partition coefficient (Wildman–Crippen LogP) is 1.13. The Kier molecular flexibility index (Phi) is 4.99. The number of aliphatic hydroxyl groups is 1. The zero-order valence-corrected chi connectivity index (χ0v) is 11.3. The molecular weight excluding hydrogens is 244 g/mol. The highest BCUT2D eigenvalue weighted by molar-refractivity contribution is 5.78. The third kappa shape index (κ3) is 4.08. The van der Waals surface area contributed by atoms with Crippen LogP contribution in [0.3, 0.4) is 0 Å². The van der Waals surface area contributed by atoms with E-state index in [0.717, 1.165) is 31.6 Å². The SMILES string of the molecule is CC(O)C1CCCCN1CC(=O)NCc1ccco1. The second-order valence-corrected chi connectivity index (χ2v) is 5.13. The van der Waals surface area contributed by atoms with Crippen molar-refractivity contribution in [2.45, 2.75) is 44.9 Å². The molecule has 1 aromatic rings. The fourth-order valence-corrected chi connectivity index (χ4v) is 2.60. The predicted molar refractivity (Wildman–Crippen MR) is 71.4 cm³/mol. The molecule has 1 saturated heterocycles. The van der Waals surface area contributed by atoms with E-state index in [2.05, 4.69) is 10.2 Å². The Balaban J connectivity index is 1.79. The van der Waals surface area contributed by atoms with Crippen molar-refractivity contribution in [3.8, 4) is 0 Å². The smallest absolute Gasteiger partial charge is 0.234 e. The molecule has 1 aliphatic rings. The summed E-state index contributed by atoms with van der Waals surface area (Å²) in [4.78, 5) is 14.0. The lowest BCUT2D eigenvalue weighted by atomic mass is 9.98. The first kappa shape index (κ1) is 14.1. The van der Waals surface area contributed by atoms with Gasteiger partial charge in [-0.2, -0.15) is 0 Å². The Morgan fingerprint density at radius 2 is 2.47 bits per heavy atom. The van der Waals surface area contributed by atoms with Gasteiger partial charge in [0.25, 0.3) is 0 Å². The van der Waals surface area contributed by atoms with Gasteiger partial charge in [0, 0.05) is 6.04 Å². The van der Waals surface area contributed by atoms with Crippen LogP contribution in [0.15, 0.2) is 22.8 Å². The maximum atomic E-state index is 11.9. The summed E-state index contributed by atoms with van der Waals surface area (Å²) in [5.74, 6) is 0.725. The molecule has 2 unspecified atom stereocenters. The lowest BCUT2D eigenvalue weighted by Crippen LogP contribution is -2.49. The summed E-state index contributed by atoms with van der Waals surface area (Å²) in [5.41, 5.74) is 0. The lowest BCUT2D eigenvalue weighted by molar-refractivity contribution is -0.124. The Morgan fingerprint density at radius 1 is 1.63 bits per heavy atom. The largest absolute Gasteiger partial charge is 0.467 e. The van der Waals surface area contributed by atoms with E-state index < -0.39 is 6.10 Å². The first-order valence-electron chi connectivity index (χ1n) is 6.88. The molecule has 2 heterocycles. The third-order valence-electron chi connectivity index (χ3n) is 3.61.